The van der Waals surface area contributed by atoms with E-state index in [1.54, 1.807) is 11.8 Å². The molecule has 1 amide bonds. The van der Waals surface area contributed by atoms with E-state index in [9.17, 15) is 9.59 Å². The predicted molar refractivity (Wildman–Crippen MR) is 90.6 cm³/mol. The summed E-state index contributed by atoms with van der Waals surface area (Å²) in [7, 11) is 0. The largest absolute Gasteiger partial charge is 0.464 e. The molecular formula is C18H35NO3. The Morgan fingerprint density at radius 1 is 0.955 bits per heavy atom. The maximum Gasteiger partial charge on any atom is 0.328 e. The lowest BCUT2D eigenvalue weighted by molar-refractivity contribution is -0.155. The van der Waals surface area contributed by atoms with Gasteiger partial charge < -0.3 is 9.64 Å². The second-order valence-electron chi connectivity index (χ2n) is 6.45. The van der Waals surface area contributed by atoms with Crippen LogP contribution in [0.2, 0.25) is 0 Å². The first-order valence-corrected chi connectivity index (χ1v) is 8.90. The van der Waals surface area contributed by atoms with E-state index in [0.717, 1.165) is 38.5 Å². The molecule has 0 N–H and O–H groups in total. The smallest absolute Gasteiger partial charge is 0.328 e. The normalized spacial score (nSPS) is 12.3. The standard InChI is InChI=1S/C18H35NO3/c1-6-8-10-11-12-17(20)19(13-9-7-2)16(5)18(21)22-14-15(3)4/h15-16H,6-14H2,1-5H3. The Kier molecular flexibility index (Phi) is 11.9. The summed E-state index contributed by atoms with van der Waals surface area (Å²) in [6.07, 6.45) is 6.76. The molecular weight excluding hydrogens is 278 g/mol. The number of rotatable bonds is 12. The Bertz CT molecular complexity index is 315. The Labute approximate surface area is 136 Å². The highest BCUT2D eigenvalue weighted by Crippen LogP contribution is 2.11. The molecule has 0 aliphatic heterocycles. The first kappa shape index (κ1) is 20.9. The number of unbranched alkanes of at least 4 members (excludes halogenated alkanes) is 4. The van der Waals surface area contributed by atoms with E-state index < -0.39 is 6.04 Å². The Morgan fingerprint density at radius 3 is 2.14 bits per heavy atom. The fraction of sp³-hybridized carbons (Fsp3) is 0.889. The highest BCUT2D eigenvalue weighted by atomic mass is 16.5. The molecule has 0 radical (unpaired) electrons. The summed E-state index contributed by atoms with van der Waals surface area (Å²) >= 11 is 0. The lowest BCUT2D eigenvalue weighted by Crippen LogP contribution is -2.44. The highest BCUT2D eigenvalue weighted by Gasteiger charge is 2.26. The van der Waals surface area contributed by atoms with Gasteiger partial charge in [0.2, 0.25) is 5.91 Å². The molecule has 0 aromatic rings. The van der Waals surface area contributed by atoms with Gasteiger partial charge in [-0.1, -0.05) is 53.4 Å². The van der Waals surface area contributed by atoms with E-state index in [1.807, 2.05) is 13.8 Å². The number of carbonyl (C=O) groups excluding carboxylic acids is 2. The lowest BCUT2D eigenvalue weighted by atomic mass is 10.1. The molecule has 0 fully saturated rings. The van der Waals surface area contributed by atoms with Gasteiger partial charge in [0, 0.05) is 13.0 Å². The van der Waals surface area contributed by atoms with Crippen LogP contribution in [0.5, 0.6) is 0 Å². The molecule has 0 bridgehead atoms. The van der Waals surface area contributed by atoms with Crippen molar-refractivity contribution < 1.29 is 14.3 Å². The second kappa shape index (κ2) is 12.5. The molecule has 0 aliphatic rings. The number of hydrogen-bond donors (Lipinski definition) is 0. The zero-order chi connectivity index (χ0) is 17.0. The summed E-state index contributed by atoms with van der Waals surface area (Å²) in [6.45, 7) is 11.1. The fourth-order valence-corrected chi connectivity index (χ4v) is 2.21. The molecule has 4 heteroatoms. The van der Waals surface area contributed by atoms with E-state index in [4.69, 9.17) is 4.74 Å². The van der Waals surface area contributed by atoms with Crippen molar-refractivity contribution in [3.8, 4) is 0 Å². The van der Waals surface area contributed by atoms with Crippen molar-refractivity contribution in [2.24, 2.45) is 5.92 Å². The van der Waals surface area contributed by atoms with Crippen LogP contribution in [-0.2, 0) is 14.3 Å². The molecule has 0 aliphatic carbocycles. The third kappa shape index (κ3) is 9.06. The number of nitrogens with zero attached hydrogens (tertiary/aromatic N) is 1. The van der Waals surface area contributed by atoms with E-state index in [2.05, 4.69) is 13.8 Å². The van der Waals surface area contributed by atoms with Crippen molar-refractivity contribution in [1.82, 2.24) is 4.90 Å². The van der Waals surface area contributed by atoms with Gasteiger partial charge in [-0.2, -0.15) is 0 Å². The molecule has 0 aromatic heterocycles. The summed E-state index contributed by atoms with van der Waals surface area (Å²) in [5, 5.41) is 0. The molecule has 130 valence electrons. The molecule has 1 unspecified atom stereocenters. The van der Waals surface area contributed by atoms with Gasteiger partial charge in [-0.3, -0.25) is 4.79 Å². The number of amides is 1. The van der Waals surface area contributed by atoms with E-state index >= 15 is 0 Å². The second-order valence-corrected chi connectivity index (χ2v) is 6.45. The number of esters is 1. The summed E-state index contributed by atoms with van der Waals surface area (Å²) in [5.41, 5.74) is 0. The van der Waals surface area contributed by atoms with Crippen molar-refractivity contribution in [3.05, 3.63) is 0 Å². The Morgan fingerprint density at radius 2 is 1.59 bits per heavy atom. The first-order valence-electron chi connectivity index (χ1n) is 8.90. The maximum absolute atomic E-state index is 12.4. The van der Waals surface area contributed by atoms with Gasteiger partial charge in [-0.15, -0.1) is 0 Å². The average Bonchev–Trinajstić information content (AvgIpc) is 2.49. The third-order valence-electron chi connectivity index (χ3n) is 3.68. The van der Waals surface area contributed by atoms with E-state index in [0.29, 0.717) is 25.5 Å². The van der Waals surface area contributed by atoms with Crippen molar-refractivity contribution in [2.45, 2.75) is 85.6 Å². The van der Waals surface area contributed by atoms with E-state index in [-0.39, 0.29) is 11.9 Å². The molecule has 22 heavy (non-hydrogen) atoms. The summed E-state index contributed by atoms with van der Waals surface area (Å²) < 4.78 is 5.29. The van der Waals surface area contributed by atoms with E-state index in [1.165, 1.54) is 0 Å². The van der Waals surface area contributed by atoms with Crippen LogP contribution in [0.25, 0.3) is 0 Å². The molecule has 0 saturated heterocycles. The topological polar surface area (TPSA) is 46.6 Å². The van der Waals surface area contributed by atoms with Crippen LogP contribution in [0.3, 0.4) is 0 Å². The Balaban J connectivity index is 4.51. The summed E-state index contributed by atoms with van der Waals surface area (Å²) in [6, 6.07) is -0.482. The quantitative estimate of drug-likeness (QED) is 0.401. The zero-order valence-corrected chi connectivity index (χ0v) is 15.2. The van der Waals surface area contributed by atoms with Crippen LogP contribution in [0.4, 0.5) is 0 Å². The van der Waals surface area contributed by atoms with Crippen LogP contribution >= 0.6 is 0 Å². The van der Waals surface area contributed by atoms with Gasteiger partial charge in [0.25, 0.3) is 0 Å². The summed E-state index contributed by atoms with van der Waals surface area (Å²) in [4.78, 5) is 26.2. The van der Waals surface area contributed by atoms with Crippen molar-refractivity contribution >= 4 is 11.9 Å². The van der Waals surface area contributed by atoms with Crippen LogP contribution in [0.15, 0.2) is 0 Å². The van der Waals surface area contributed by atoms with Crippen LogP contribution in [0.1, 0.15) is 79.6 Å². The first-order chi connectivity index (χ1) is 10.4. The van der Waals surface area contributed by atoms with Crippen molar-refractivity contribution in [3.63, 3.8) is 0 Å². The summed E-state index contributed by atoms with van der Waals surface area (Å²) in [5.74, 6) is 0.107. The minimum Gasteiger partial charge on any atom is -0.464 e. The van der Waals surface area contributed by atoms with Gasteiger partial charge in [0.1, 0.15) is 6.04 Å². The molecule has 1 atom stereocenters. The minimum absolute atomic E-state index is 0.0820. The average molecular weight is 313 g/mol. The third-order valence-corrected chi connectivity index (χ3v) is 3.68. The van der Waals surface area contributed by atoms with Gasteiger partial charge in [0.15, 0.2) is 0 Å². The van der Waals surface area contributed by atoms with Gasteiger partial charge >= 0.3 is 5.97 Å². The van der Waals surface area contributed by atoms with Gasteiger partial charge in [-0.25, -0.2) is 4.79 Å². The van der Waals surface area contributed by atoms with Crippen molar-refractivity contribution in [1.29, 1.82) is 0 Å². The van der Waals surface area contributed by atoms with Gasteiger partial charge in [-0.05, 0) is 25.7 Å². The molecule has 0 heterocycles. The molecule has 4 nitrogen and oxygen atoms in total. The zero-order valence-electron chi connectivity index (χ0n) is 15.2. The number of ether oxygens (including phenoxy) is 1. The monoisotopic (exact) mass is 313 g/mol. The molecule has 0 aromatic carbocycles. The number of carbonyl (C=O) groups is 2. The maximum atomic E-state index is 12.4. The van der Waals surface area contributed by atoms with Crippen molar-refractivity contribution in [2.75, 3.05) is 13.2 Å². The van der Waals surface area contributed by atoms with Crippen LogP contribution < -0.4 is 0 Å². The predicted octanol–water partition coefficient (Wildman–Crippen LogP) is 4.17. The minimum atomic E-state index is -0.482. The molecule has 0 rings (SSSR count). The molecule has 0 saturated carbocycles. The van der Waals surface area contributed by atoms with Crippen LogP contribution in [0, 0.1) is 5.92 Å². The van der Waals surface area contributed by atoms with Crippen LogP contribution in [-0.4, -0.2) is 36.0 Å². The number of hydrogen-bond acceptors (Lipinski definition) is 3. The fourth-order valence-electron chi connectivity index (χ4n) is 2.21. The van der Waals surface area contributed by atoms with Gasteiger partial charge in [0.05, 0.1) is 6.61 Å². The lowest BCUT2D eigenvalue weighted by Gasteiger charge is -2.28. The SMILES string of the molecule is CCCCCCC(=O)N(CCCC)C(C)C(=O)OCC(C)C. The molecule has 0 spiro atoms. The highest BCUT2D eigenvalue weighted by molar-refractivity contribution is 5.84. The Hall–Kier alpha value is -1.06.